The van der Waals surface area contributed by atoms with Gasteiger partial charge in [0.1, 0.15) is 73.2 Å². The summed E-state index contributed by atoms with van der Waals surface area (Å²) in [4.78, 5) is 12.6. The number of ether oxygens (including phenoxy) is 6. The number of hydrogen-bond donors (Lipinski definition) is 12. The minimum absolute atomic E-state index is 0.227. The van der Waals surface area contributed by atoms with Crippen LogP contribution in [0.25, 0.3) is 0 Å². The summed E-state index contributed by atoms with van der Waals surface area (Å²) >= 11 is 0. The van der Waals surface area contributed by atoms with E-state index in [1.807, 2.05) is 13.8 Å². The van der Waals surface area contributed by atoms with Crippen molar-refractivity contribution >= 4 is 5.91 Å². The van der Waals surface area contributed by atoms with Gasteiger partial charge in [-0.05, 0) is 12.8 Å². The highest BCUT2D eigenvalue weighted by molar-refractivity contribution is 5.76. The van der Waals surface area contributed by atoms with Gasteiger partial charge in [-0.3, -0.25) is 4.79 Å². The van der Waals surface area contributed by atoms with Crippen molar-refractivity contribution in [3.63, 3.8) is 0 Å². The standard InChI is InChI=1S/C33H59NO18/c1-3-5-7-9-10-17(38)16(34-21(39)11-8-6-4-2)15-47-31-27(45)24(42)29(19(13-36)49-31)52-33-28(46)25(43)30(20(14-37)50-33)51-32-26(44)23(41)22(40)18(12-35)48-32/h9-10,16-20,22-33,35-38,40-46H,3-8,11-15H2,1-2H3,(H,34,39)/b10-9+. The van der Waals surface area contributed by atoms with Crippen LogP contribution in [-0.2, 0) is 33.2 Å². The molecule has 12 N–H and O–H groups in total. The van der Waals surface area contributed by atoms with Gasteiger partial charge in [-0.25, -0.2) is 0 Å². The van der Waals surface area contributed by atoms with Crippen molar-refractivity contribution in [2.24, 2.45) is 0 Å². The Balaban J connectivity index is 1.66. The number of hydrogen-bond acceptors (Lipinski definition) is 18. The molecule has 0 saturated carbocycles. The molecule has 0 aliphatic carbocycles. The molecule has 3 aliphatic rings. The topological polar surface area (TPSA) is 307 Å². The lowest BCUT2D eigenvalue weighted by Gasteiger charge is -2.48. The van der Waals surface area contributed by atoms with Crippen LogP contribution in [0.2, 0.25) is 0 Å². The van der Waals surface area contributed by atoms with Crippen LogP contribution in [0.3, 0.4) is 0 Å². The number of allylic oxidation sites excluding steroid dienone is 1. The molecule has 19 nitrogen and oxygen atoms in total. The molecule has 17 atom stereocenters. The second-order valence-corrected chi connectivity index (χ2v) is 13.3. The Labute approximate surface area is 302 Å². The third kappa shape index (κ3) is 11.8. The number of nitrogens with one attached hydrogen (secondary N) is 1. The fourth-order valence-electron chi connectivity index (χ4n) is 6.11. The van der Waals surface area contributed by atoms with E-state index in [0.29, 0.717) is 12.8 Å². The highest BCUT2D eigenvalue weighted by atomic mass is 16.8. The molecule has 3 heterocycles. The minimum atomic E-state index is -1.97. The number of aliphatic hydroxyl groups excluding tert-OH is 11. The van der Waals surface area contributed by atoms with Gasteiger partial charge < -0.3 is 89.9 Å². The summed E-state index contributed by atoms with van der Waals surface area (Å²) < 4.78 is 33.5. The Morgan fingerprint density at radius 2 is 1.17 bits per heavy atom. The van der Waals surface area contributed by atoms with Crippen LogP contribution in [0.1, 0.15) is 58.8 Å². The van der Waals surface area contributed by atoms with Gasteiger partial charge in [0, 0.05) is 6.42 Å². The predicted octanol–water partition coefficient (Wildman–Crippen LogP) is -4.38. The minimum Gasteiger partial charge on any atom is -0.394 e. The molecular weight excluding hydrogens is 698 g/mol. The number of carbonyl (C=O) groups is 1. The molecule has 3 rings (SSSR count). The molecule has 1 amide bonds. The molecule has 0 aromatic heterocycles. The quantitative estimate of drug-likeness (QED) is 0.0412. The highest BCUT2D eigenvalue weighted by Crippen LogP contribution is 2.32. The molecule has 304 valence electrons. The summed E-state index contributed by atoms with van der Waals surface area (Å²) in [6, 6.07) is -0.956. The summed E-state index contributed by atoms with van der Waals surface area (Å²) in [7, 11) is 0. The number of carbonyl (C=O) groups excluding carboxylic acids is 1. The molecule has 0 spiro atoms. The first-order valence-corrected chi connectivity index (χ1v) is 17.9. The van der Waals surface area contributed by atoms with E-state index in [2.05, 4.69) is 5.32 Å². The second kappa shape index (κ2) is 22.2. The van der Waals surface area contributed by atoms with E-state index in [1.165, 1.54) is 6.08 Å². The zero-order valence-electron chi connectivity index (χ0n) is 29.5. The Hall–Kier alpha value is -1.47. The SMILES string of the molecule is CCCC/C=C/C(O)C(COC1OC(CO)C(OC2OC(CO)C(OC3OC(CO)C(O)C(O)C3O)C(O)C2O)C(O)C1O)NC(=O)CCCCC. The van der Waals surface area contributed by atoms with Crippen molar-refractivity contribution in [2.75, 3.05) is 26.4 Å². The van der Waals surface area contributed by atoms with Crippen molar-refractivity contribution in [1.82, 2.24) is 5.32 Å². The van der Waals surface area contributed by atoms with E-state index in [9.17, 15) is 61.0 Å². The van der Waals surface area contributed by atoms with Crippen molar-refractivity contribution < 1.29 is 89.4 Å². The largest absolute Gasteiger partial charge is 0.394 e. The van der Waals surface area contributed by atoms with Gasteiger partial charge in [0.2, 0.25) is 5.91 Å². The third-order valence-corrected chi connectivity index (χ3v) is 9.34. The van der Waals surface area contributed by atoms with E-state index in [0.717, 1.165) is 25.7 Å². The number of unbranched alkanes of at least 4 members (excludes halogenated alkanes) is 4. The highest BCUT2D eigenvalue weighted by Gasteiger charge is 2.53. The molecule has 0 radical (unpaired) electrons. The van der Waals surface area contributed by atoms with E-state index >= 15 is 0 Å². The molecule has 0 aromatic carbocycles. The van der Waals surface area contributed by atoms with Gasteiger partial charge in [-0.2, -0.15) is 0 Å². The average Bonchev–Trinajstić information content (AvgIpc) is 3.13. The normalized spacial score (nSPS) is 39.8. The molecule has 52 heavy (non-hydrogen) atoms. The molecule has 19 heteroatoms. The van der Waals surface area contributed by atoms with Crippen LogP contribution in [0.15, 0.2) is 12.2 Å². The van der Waals surface area contributed by atoms with Crippen molar-refractivity contribution in [3.8, 4) is 0 Å². The Bertz CT molecular complexity index is 1050. The van der Waals surface area contributed by atoms with Gasteiger partial charge in [0.05, 0.1) is 38.6 Å². The lowest BCUT2D eigenvalue weighted by atomic mass is 9.96. The fourth-order valence-corrected chi connectivity index (χ4v) is 6.11. The summed E-state index contributed by atoms with van der Waals surface area (Å²) in [5.74, 6) is -0.315. The zero-order chi connectivity index (χ0) is 38.5. The van der Waals surface area contributed by atoms with Gasteiger partial charge >= 0.3 is 0 Å². The van der Waals surface area contributed by atoms with Gasteiger partial charge in [-0.1, -0.05) is 51.7 Å². The molecule has 0 bridgehead atoms. The van der Waals surface area contributed by atoms with Crippen LogP contribution in [0.4, 0.5) is 0 Å². The lowest BCUT2D eigenvalue weighted by molar-refractivity contribution is -0.379. The van der Waals surface area contributed by atoms with Crippen LogP contribution >= 0.6 is 0 Å². The molecule has 3 fully saturated rings. The van der Waals surface area contributed by atoms with Crippen molar-refractivity contribution in [2.45, 2.75) is 163 Å². The summed E-state index contributed by atoms with van der Waals surface area (Å²) in [6.45, 7) is 1.25. The van der Waals surface area contributed by atoms with E-state index in [1.54, 1.807) is 6.08 Å². The summed E-state index contributed by atoms with van der Waals surface area (Å²) in [5, 5.41) is 117. The van der Waals surface area contributed by atoms with Crippen molar-refractivity contribution in [3.05, 3.63) is 12.2 Å². The lowest BCUT2D eigenvalue weighted by Crippen LogP contribution is -2.66. The van der Waals surface area contributed by atoms with Gasteiger partial charge in [-0.15, -0.1) is 0 Å². The van der Waals surface area contributed by atoms with Crippen LogP contribution in [-0.4, -0.2) is 193 Å². The molecule has 3 saturated heterocycles. The van der Waals surface area contributed by atoms with E-state index in [4.69, 9.17) is 28.4 Å². The van der Waals surface area contributed by atoms with Crippen LogP contribution in [0.5, 0.6) is 0 Å². The number of rotatable bonds is 20. The summed E-state index contributed by atoms with van der Waals surface area (Å²) in [5.41, 5.74) is 0. The number of aliphatic hydroxyl groups is 11. The van der Waals surface area contributed by atoms with Gasteiger partial charge in [0.15, 0.2) is 18.9 Å². The van der Waals surface area contributed by atoms with Crippen LogP contribution < -0.4 is 5.32 Å². The smallest absolute Gasteiger partial charge is 0.220 e. The maximum atomic E-state index is 12.6. The summed E-state index contributed by atoms with van der Waals surface area (Å²) in [6.07, 6.45) is -18.2. The Morgan fingerprint density at radius 1 is 0.673 bits per heavy atom. The van der Waals surface area contributed by atoms with Crippen molar-refractivity contribution in [1.29, 1.82) is 0 Å². The predicted molar refractivity (Wildman–Crippen MR) is 176 cm³/mol. The van der Waals surface area contributed by atoms with E-state index in [-0.39, 0.29) is 18.9 Å². The van der Waals surface area contributed by atoms with Crippen LogP contribution in [0, 0.1) is 0 Å². The second-order valence-electron chi connectivity index (χ2n) is 13.3. The van der Waals surface area contributed by atoms with E-state index < -0.39 is 124 Å². The molecule has 0 aromatic rings. The maximum Gasteiger partial charge on any atom is 0.220 e. The first-order valence-electron chi connectivity index (χ1n) is 17.9. The average molecular weight is 758 g/mol. The first-order chi connectivity index (χ1) is 24.8. The monoisotopic (exact) mass is 757 g/mol. The maximum absolute atomic E-state index is 12.6. The number of amides is 1. The zero-order valence-corrected chi connectivity index (χ0v) is 29.5. The Kier molecular flexibility index (Phi) is 19.2. The first kappa shape index (κ1) is 44.9. The Morgan fingerprint density at radius 3 is 1.71 bits per heavy atom. The fraction of sp³-hybridized carbons (Fsp3) is 0.909. The van der Waals surface area contributed by atoms with Gasteiger partial charge in [0.25, 0.3) is 0 Å². The molecular formula is C33H59NO18. The third-order valence-electron chi connectivity index (χ3n) is 9.34. The molecule has 17 unspecified atom stereocenters. The molecule has 3 aliphatic heterocycles.